The van der Waals surface area contributed by atoms with Crippen molar-refractivity contribution in [2.24, 2.45) is 0 Å². The highest BCUT2D eigenvalue weighted by Crippen LogP contribution is 2.16. The summed E-state index contributed by atoms with van der Waals surface area (Å²) in [5, 5.41) is 10.5. The fourth-order valence-corrected chi connectivity index (χ4v) is 2.72. The van der Waals surface area contributed by atoms with Crippen molar-refractivity contribution in [1.29, 1.82) is 0 Å². The number of pyridine rings is 1. The first-order valence-electron chi connectivity index (χ1n) is 5.83. The Labute approximate surface area is 120 Å². The molecule has 1 aromatic heterocycles. The Morgan fingerprint density at radius 1 is 1.24 bits per heavy atom. The highest BCUT2D eigenvalue weighted by Gasteiger charge is 2.17. The van der Waals surface area contributed by atoms with E-state index in [2.05, 4.69) is 9.71 Å². The Morgan fingerprint density at radius 3 is 2.48 bits per heavy atom. The number of nitrogens with zero attached hydrogens (tertiary/aromatic N) is 2. The van der Waals surface area contributed by atoms with Crippen molar-refractivity contribution in [1.82, 2.24) is 9.71 Å². The minimum absolute atomic E-state index is 0.00530. The number of sulfonamides is 1. The third-order valence-corrected chi connectivity index (χ3v) is 4.15. The Hall–Kier alpha value is -2.52. The van der Waals surface area contributed by atoms with Gasteiger partial charge in [0.05, 0.1) is 4.92 Å². The largest absolute Gasteiger partial charge is 0.383 e. The van der Waals surface area contributed by atoms with Crippen LogP contribution in [-0.4, -0.2) is 18.3 Å². The van der Waals surface area contributed by atoms with Crippen LogP contribution in [0.4, 0.5) is 11.5 Å². The summed E-state index contributed by atoms with van der Waals surface area (Å²) < 4.78 is 26.5. The monoisotopic (exact) mass is 308 g/mol. The predicted octanol–water partition coefficient (Wildman–Crippen LogP) is 1.05. The van der Waals surface area contributed by atoms with Crippen LogP contribution in [0.15, 0.2) is 47.5 Å². The molecular weight excluding hydrogens is 296 g/mol. The minimum Gasteiger partial charge on any atom is -0.383 e. The van der Waals surface area contributed by atoms with Crippen LogP contribution < -0.4 is 10.5 Å². The first kappa shape index (κ1) is 14.9. The topological polar surface area (TPSA) is 128 Å². The number of nitro benzene ring substituents is 1. The molecule has 9 heteroatoms. The van der Waals surface area contributed by atoms with E-state index in [9.17, 15) is 18.5 Å². The molecule has 110 valence electrons. The summed E-state index contributed by atoms with van der Waals surface area (Å²) in [4.78, 5) is 13.6. The van der Waals surface area contributed by atoms with E-state index in [-0.39, 0.29) is 22.9 Å². The van der Waals surface area contributed by atoms with Gasteiger partial charge in [0, 0.05) is 24.9 Å². The van der Waals surface area contributed by atoms with Crippen LogP contribution in [0.3, 0.4) is 0 Å². The van der Waals surface area contributed by atoms with Crippen molar-refractivity contribution in [2.45, 2.75) is 11.4 Å². The number of aromatic nitrogens is 1. The van der Waals surface area contributed by atoms with E-state index in [0.717, 1.165) is 0 Å². The molecule has 1 aromatic carbocycles. The number of hydrogen-bond donors (Lipinski definition) is 2. The maximum atomic E-state index is 12.1. The zero-order valence-electron chi connectivity index (χ0n) is 10.8. The van der Waals surface area contributed by atoms with Crippen molar-refractivity contribution >= 4 is 21.5 Å². The quantitative estimate of drug-likeness (QED) is 0.627. The molecule has 2 aromatic rings. The summed E-state index contributed by atoms with van der Waals surface area (Å²) in [5.74, 6) is -0.0892. The van der Waals surface area contributed by atoms with Gasteiger partial charge in [-0.05, 0) is 17.7 Å². The average molecular weight is 308 g/mol. The molecule has 3 N–H and O–H groups in total. The van der Waals surface area contributed by atoms with E-state index in [0.29, 0.717) is 5.56 Å². The summed E-state index contributed by atoms with van der Waals surface area (Å²) in [6.07, 6.45) is 1.39. The summed E-state index contributed by atoms with van der Waals surface area (Å²) >= 11 is 0. The fraction of sp³-hybridized carbons (Fsp3) is 0.0833. The van der Waals surface area contributed by atoms with E-state index >= 15 is 0 Å². The van der Waals surface area contributed by atoms with Crippen LogP contribution in [0.25, 0.3) is 0 Å². The number of nitrogen functional groups attached to an aromatic ring is 1. The lowest BCUT2D eigenvalue weighted by atomic mass is 10.2. The number of nitrogens with two attached hydrogens (primary N) is 1. The first-order chi connectivity index (χ1) is 9.90. The van der Waals surface area contributed by atoms with Gasteiger partial charge in [-0.25, -0.2) is 18.1 Å². The summed E-state index contributed by atoms with van der Waals surface area (Å²) in [7, 11) is -3.79. The number of non-ortho nitro benzene ring substituents is 1. The number of nitrogens with one attached hydrogen (secondary N) is 1. The molecule has 0 bridgehead atoms. The second-order valence-electron chi connectivity index (χ2n) is 4.13. The minimum atomic E-state index is -3.79. The van der Waals surface area contributed by atoms with Crippen LogP contribution in [0, 0.1) is 10.1 Å². The summed E-state index contributed by atoms with van der Waals surface area (Å²) in [5.41, 5.74) is 6.06. The summed E-state index contributed by atoms with van der Waals surface area (Å²) in [6.45, 7) is -0.00530. The van der Waals surface area contributed by atoms with Crippen molar-refractivity contribution in [2.75, 3.05) is 5.73 Å². The Kier molecular flexibility index (Phi) is 4.15. The van der Waals surface area contributed by atoms with E-state index in [1.54, 1.807) is 0 Å². The molecule has 0 aliphatic heterocycles. The number of nitro groups is 1. The molecule has 0 amide bonds. The maximum Gasteiger partial charge on any atom is 0.269 e. The molecule has 0 atom stereocenters. The lowest BCUT2D eigenvalue weighted by Gasteiger charge is -2.08. The van der Waals surface area contributed by atoms with E-state index in [4.69, 9.17) is 5.73 Å². The van der Waals surface area contributed by atoms with Gasteiger partial charge in [0.1, 0.15) is 10.7 Å². The average Bonchev–Trinajstić information content (AvgIpc) is 2.46. The maximum absolute atomic E-state index is 12.1. The van der Waals surface area contributed by atoms with Gasteiger partial charge in [0.2, 0.25) is 10.0 Å². The second kappa shape index (κ2) is 5.85. The molecule has 2 rings (SSSR count). The van der Waals surface area contributed by atoms with Gasteiger partial charge in [0.15, 0.2) is 0 Å². The third kappa shape index (κ3) is 3.52. The molecule has 0 spiro atoms. The zero-order valence-corrected chi connectivity index (χ0v) is 11.6. The van der Waals surface area contributed by atoms with Crippen molar-refractivity contribution in [3.8, 4) is 0 Å². The standard InChI is InChI=1S/C12H12N4O4S/c13-12-11(2-1-7-14-12)21(19,20)15-8-9-3-5-10(6-4-9)16(17)18/h1-7,15H,8H2,(H2,13,14). The van der Waals surface area contributed by atoms with E-state index in [1.807, 2.05) is 0 Å². The van der Waals surface area contributed by atoms with Crippen molar-refractivity contribution in [3.63, 3.8) is 0 Å². The van der Waals surface area contributed by atoms with Gasteiger partial charge >= 0.3 is 0 Å². The second-order valence-corrected chi connectivity index (χ2v) is 5.87. The van der Waals surface area contributed by atoms with Gasteiger partial charge in [-0.15, -0.1) is 0 Å². The molecule has 21 heavy (non-hydrogen) atoms. The SMILES string of the molecule is Nc1ncccc1S(=O)(=O)NCc1ccc([N+](=O)[O-])cc1. The summed E-state index contributed by atoms with van der Waals surface area (Å²) in [6, 6.07) is 8.39. The van der Waals surface area contributed by atoms with Gasteiger partial charge in [0.25, 0.3) is 5.69 Å². The Morgan fingerprint density at radius 2 is 1.90 bits per heavy atom. The Bertz CT molecular complexity index is 759. The molecule has 0 radical (unpaired) electrons. The van der Waals surface area contributed by atoms with Crippen LogP contribution in [0.5, 0.6) is 0 Å². The van der Waals surface area contributed by atoms with E-state index < -0.39 is 14.9 Å². The molecule has 0 saturated carbocycles. The number of rotatable bonds is 5. The molecule has 0 saturated heterocycles. The number of anilines is 1. The van der Waals surface area contributed by atoms with Gasteiger partial charge in [-0.3, -0.25) is 10.1 Å². The molecule has 8 nitrogen and oxygen atoms in total. The normalized spacial score (nSPS) is 11.2. The molecular formula is C12H12N4O4S. The van der Waals surface area contributed by atoms with Crippen LogP contribution in [-0.2, 0) is 16.6 Å². The number of hydrogen-bond acceptors (Lipinski definition) is 6. The highest BCUT2D eigenvalue weighted by molar-refractivity contribution is 7.89. The highest BCUT2D eigenvalue weighted by atomic mass is 32.2. The Balaban J connectivity index is 2.12. The van der Waals surface area contributed by atoms with Gasteiger partial charge < -0.3 is 5.73 Å². The molecule has 0 aliphatic carbocycles. The molecule has 0 unspecified atom stereocenters. The lowest BCUT2D eigenvalue weighted by molar-refractivity contribution is -0.384. The van der Waals surface area contributed by atoms with Crippen molar-refractivity contribution < 1.29 is 13.3 Å². The lowest BCUT2D eigenvalue weighted by Crippen LogP contribution is -2.24. The van der Waals surface area contributed by atoms with Crippen LogP contribution >= 0.6 is 0 Å². The van der Waals surface area contributed by atoms with Crippen molar-refractivity contribution in [3.05, 3.63) is 58.3 Å². The molecule has 0 aliphatic rings. The fourth-order valence-electron chi connectivity index (χ4n) is 1.62. The van der Waals surface area contributed by atoms with Crippen LogP contribution in [0.1, 0.15) is 5.56 Å². The van der Waals surface area contributed by atoms with Crippen LogP contribution in [0.2, 0.25) is 0 Å². The third-order valence-electron chi connectivity index (χ3n) is 2.70. The van der Waals surface area contributed by atoms with Gasteiger partial charge in [-0.2, -0.15) is 0 Å². The predicted molar refractivity (Wildman–Crippen MR) is 75.8 cm³/mol. The molecule has 0 fully saturated rings. The first-order valence-corrected chi connectivity index (χ1v) is 7.32. The van der Waals surface area contributed by atoms with Gasteiger partial charge in [-0.1, -0.05) is 12.1 Å². The number of benzene rings is 1. The van der Waals surface area contributed by atoms with E-state index in [1.165, 1.54) is 42.6 Å². The smallest absolute Gasteiger partial charge is 0.269 e. The molecule has 1 heterocycles. The zero-order chi connectivity index (χ0) is 15.5.